The van der Waals surface area contributed by atoms with Gasteiger partial charge in [-0.25, -0.2) is 9.97 Å². The smallest absolute Gasteiger partial charge is 0.416 e. The van der Waals surface area contributed by atoms with Crippen LogP contribution in [-0.4, -0.2) is 31.2 Å². The van der Waals surface area contributed by atoms with Crippen LogP contribution in [0.5, 0.6) is 5.75 Å². The standard InChI is InChI=1S/C13H11BF3N3OS/c1-21-9-4-7(13(15,16)17)3-8(5-9)19-12-18-6-10(14)11(20-12)22-2/h3-6H,1-2H3,(H,18,19,20). The minimum atomic E-state index is -4.47. The zero-order chi connectivity index (χ0) is 16.3. The number of hydrogen-bond donors (Lipinski definition) is 1. The lowest BCUT2D eigenvalue weighted by atomic mass is 10.0. The number of alkyl halides is 3. The maximum absolute atomic E-state index is 12.9. The topological polar surface area (TPSA) is 47.0 Å². The van der Waals surface area contributed by atoms with Gasteiger partial charge < -0.3 is 10.1 Å². The molecule has 0 aliphatic heterocycles. The fraction of sp³-hybridized carbons (Fsp3) is 0.231. The number of nitrogens with zero attached hydrogens (tertiary/aromatic N) is 2. The maximum atomic E-state index is 12.9. The number of nitrogens with one attached hydrogen (secondary N) is 1. The summed E-state index contributed by atoms with van der Waals surface area (Å²) in [6, 6.07) is 3.30. The molecule has 4 nitrogen and oxygen atoms in total. The van der Waals surface area contributed by atoms with E-state index in [1.54, 1.807) is 6.26 Å². The summed E-state index contributed by atoms with van der Waals surface area (Å²) in [6.07, 6.45) is -1.29. The summed E-state index contributed by atoms with van der Waals surface area (Å²) in [5.41, 5.74) is -0.252. The van der Waals surface area contributed by atoms with E-state index in [1.165, 1.54) is 31.1 Å². The van der Waals surface area contributed by atoms with Crippen molar-refractivity contribution in [2.75, 3.05) is 18.7 Å². The molecule has 22 heavy (non-hydrogen) atoms. The number of halogens is 3. The first-order valence-electron chi connectivity index (χ1n) is 6.03. The van der Waals surface area contributed by atoms with Crippen molar-refractivity contribution in [1.82, 2.24) is 9.97 Å². The lowest BCUT2D eigenvalue weighted by molar-refractivity contribution is -0.137. The van der Waals surface area contributed by atoms with Crippen molar-refractivity contribution >= 4 is 36.7 Å². The predicted molar refractivity (Wildman–Crippen MR) is 80.5 cm³/mol. The largest absolute Gasteiger partial charge is 0.497 e. The van der Waals surface area contributed by atoms with Gasteiger partial charge in [-0.15, -0.1) is 11.8 Å². The molecule has 1 aromatic carbocycles. The van der Waals surface area contributed by atoms with E-state index in [-0.39, 0.29) is 17.4 Å². The van der Waals surface area contributed by atoms with Gasteiger partial charge in [0.25, 0.3) is 0 Å². The monoisotopic (exact) mass is 325 g/mol. The Morgan fingerprint density at radius 2 is 2.00 bits per heavy atom. The number of anilines is 2. The summed E-state index contributed by atoms with van der Waals surface area (Å²) >= 11 is 1.31. The van der Waals surface area contributed by atoms with E-state index in [0.717, 1.165) is 12.1 Å². The molecule has 2 rings (SSSR count). The highest BCUT2D eigenvalue weighted by Gasteiger charge is 2.31. The molecule has 2 aromatic rings. The van der Waals surface area contributed by atoms with Crippen molar-refractivity contribution in [2.45, 2.75) is 11.2 Å². The number of thioether (sulfide) groups is 1. The van der Waals surface area contributed by atoms with Gasteiger partial charge in [-0.1, -0.05) is 0 Å². The van der Waals surface area contributed by atoms with Crippen LogP contribution in [0.2, 0.25) is 0 Å². The maximum Gasteiger partial charge on any atom is 0.416 e. The van der Waals surface area contributed by atoms with Gasteiger partial charge in [0.1, 0.15) is 13.6 Å². The predicted octanol–water partition coefficient (Wildman–Crippen LogP) is 2.76. The van der Waals surface area contributed by atoms with Gasteiger partial charge in [0.2, 0.25) is 5.95 Å². The SMILES string of the molecule is [B]c1cnc(Nc2cc(OC)cc(C(F)(F)F)c2)nc1SC. The molecule has 0 saturated carbocycles. The van der Waals surface area contributed by atoms with Gasteiger partial charge in [0, 0.05) is 18.0 Å². The van der Waals surface area contributed by atoms with Crippen LogP contribution in [0.15, 0.2) is 29.4 Å². The highest BCUT2D eigenvalue weighted by molar-refractivity contribution is 7.98. The minimum absolute atomic E-state index is 0.0814. The lowest BCUT2D eigenvalue weighted by Crippen LogP contribution is -2.12. The van der Waals surface area contributed by atoms with E-state index < -0.39 is 11.7 Å². The van der Waals surface area contributed by atoms with Gasteiger partial charge >= 0.3 is 6.18 Å². The summed E-state index contributed by atoms with van der Waals surface area (Å²) in [5.74, 6) is 0.234. The summed E-state index contributed by atoms with van der Waals surface area (Å²) in [6.45, 7) is 0. The molecule has 9 heteroatoms. The Morgan fingerprint density at radius 1 is 1.27 bits per heavy atom. The molecule has 1 N–H and O–H groups in total. The minimum Gasteiger partial charge on any atom is -0.497 e. The van der Waals surface area contributed by atoms with Crippen LogP contribution in [0.3, 0.4) is 0 Å². The van der Waals surface area contributed by atoms with Crippen LogP contribution in [0.1, 0.15) is 5.56 Å². The second-order valence-corrected chi connectivity index (χ2v) is 5.03. The highest BCUT2D eigenvalue weighted by atomic mass is 32.2. The molecule has 0 unspecified atom stereocenters. The van der Waals surface area contributed by atoms with Crippen LogP contribution in [0, 0.1) is 0 Å². The second kappa shape index (κ2) is 6.47. The molecule has 0 spiro atoms. The zero-order valence-corrected chi connectivity index (χ0v) is 12.5. The zero-order valence-electron chi connectivity index (χ0n) is 11.7. The first-order chi connectivity index (χ1) is 10.3. The first-order valence-corrected chi connectivity index (χ1v) is 7.25. The summed E-state index contributed by atoms with van der Waals surface area (Å²) in [4.78, 5) is 8.07. The van der Waals surface area contributed by atoms with Gasteiger partial charge in [-0.05, 0) is 23.9 Å². The van der Waals surface area contributed by atoms with Crippen LogP contribution >= 0.6 is 11.8 Å². The Labute approximate surface area is 130 Å². The van der Waals surface area contributed by atoms with Crippen molar-refractivity contribution in [3.05, 3.63) is 30.0 Å². The van der Waals surface area contributed by atoms with E-state index in [1.807, 2.05) is 0 Å². The average molecular weight is 325 g/mol. The van der Waals surface area contributed by atoms with Crippen molar-refractivity contribution in [3.63, 3.8) is 0 Å². The molecular weight excluding hydrogens is 314 g/mol. The van der Waals surface area contributed by atoms with Crippen molar-refractivity contribution in [2.24, 2.45) is 0 Å². The van der Waals surface area contributed by atoms with Gasteiger partial charge in [-0.2, -0.15) is 13.2 Å². The van der Waals surface area contributed by atoms with E-state index in [9.17, 15) is 13.2 Å². The van der Waals surface area contributed by atoms with E-state index in [0.29, 0.717) is 10.5 Å². The number of hydrogen-bond acceptors (Lipinski definition) is 5. The molecule has 0 fully saturated rings. The number of ether oxygens (including phenoxy) is 1. The molecule has 0 aliphatic carbocycles. The molecule has 0 saturated heterocycles. The van der Waals surface area contributed by atoms with Crippen molar-refractivity contribution in [1.29, 1.82) is 0 Å². The van der Waals surface area contributed by atoms with Gasteiger partial charge in [0.15, 0.2) is 0 Å². The molecular formula is C13H11BF3N3OS. The fourth-order valence-electron chi connectivity index (χ4n) is 1.68. The summed E-state index contributed by atoms with van der Waals surface area (Å²) < 4.78 is 43.5. The quantitative estimate of drug-likeness (QED) is 0.532. The number of methoxy groups -OCH3 is 1. The molecule has 114 valence electrons. The van der Waals surface area contributed by atoms with E-state index in [4.69, 9.17) is 12.6 Å². The Morgan fingerprint density at radius 3 is 2.59 bits per heavy atom. The van der Waals surface area contributed by atoms with Crippen molar-refractivity contribution < 1.29 is 17.9 Å². The number of benzene rings is 1. The van der Waals surface area contributed by atoms with Crippen molar-refractivity contribution in [3.8, 4) is 5.75 Å². The van der Waals surface area contributed by atoms with Gasteiger partial charge in [0.05, 0.1) is 17.7 Å². The van der Waals surface area contributed by atoms with Crippen LogP contribution < -0.4 is 15.5 Å². The molecule has 1 heterocycles. The first kappa shape index (κ1) is 16.5. The second-order valence-electron chi connectivity index (χ2n) is 4.23. The molecule has 0 aliphatic rings. The Kier molecular flexibility index (Phi) is 4.85. The molecule has 0 atom stereocenters. The summed E-state index contributed by atoms with van der Waals surface area (Å²) in [7, 11) is 6.97. The molecule has 1 aromatic heterocycles. The third-order valence-electron chi connectivity index (χ3n) is 2.70. The summed E-state index contributed by atoms with van der Waals surface area (Å²) in [5, 5.41) is 3.26. The Bertz CT molecular complexity index is 682. The average Bonchev–Trinajstić information content (AvgIpc) is 2.48. The Balaban J connectivity index is 2.36. The van der Waals surface area contributed by atoms with E-state index >= 15 is 0 Å². The van der Waals surface area contributed by atoms with Crippen LogP contribution in [0.25, 0.3) is 0 Å². The van der Waals surface area contributed by atoms with Crippen LogP contribution in [0.4, 0.5) is 24.8 Å². The fourth-order valence-corrected chi connectivity index (χ4v) is 2.15. The normalized spacial score (nSPS) is 11.3. The lowest BCUT2D eigenvalue weighted by Gasteiger charge is -2.13. The third kappa shape index (κ3) is 3.85. The van der Waals surface area contributed by atoms with Gasteiger partial charge in [-0.3, -0.25) is 0 Å². The molecule has 0 bridgehead atoms. The third-order valence-corrected chi connectivity index (χ3v) is 3.41. The molecule has 2 radical (unpaired) electrons. The number of aromatic nitrogens is 2. The van der Waals surface area contributed by atoms with E-state index in [2.05, 4.69) is 15.3 Å². The Hall–Kier alpha value is -1.90. The molecule has 0 amide bonds. The number of rotatable bonds is 4. The van der Waals surface area contributed by atoms with Crippen LogP contribution in [-0.2, 0) is 6.18 Å². The highest BCUT2D eigenvalue weighted by Crippen LogP contribution is 2.34.